The van der Waals surface area contributed by atoms with Gasteiger partial charge in [-0.15, -0.1) is 0 Å². The molecule has 0 radical (unpaired) electrons. The molecule has 26 heavy (non-hydrogen) atoms. The largest absolute Gasteiger partial charge is 0.392 e. The quantitative estimate of drug-likeness (QED) is 0.693. The molecule has 136 valence electrons. The van der Waals surface area contributed by atoms with Crippen molar-refractivity contribution in [2.75, 3.05) is 6.54 Å². The smallest absolute Gasteiger partial charge is 0.244 e. The third kappa shape index (κ3) is 3.93. The van der Waals surface area contributed by atoms with E-state index in [4.69, 9.17) is 0 Å². The lowest BCUT2D eigenvalue weighted by Crippen LogP contribution is -2.37. The lowest BCUT2D eigenvalue weighted by Gasteiger charge is -2.25. The molecule has 1 heterocycles. The van der Waals surface area contributed by atoms with Crippen LogP contribution in [0.4, 0.5) is 0 Å². The standard InChI is InChI=1S/C20H22N2O3S/c1-2-18(23)15-22(14-16-7-4-3-5-8-16)26(24,25)20-10-6-9-17-13-21-12-11-19(17)20/h3-13,18,23H,2,14-15H2,1H3/t18-/m1/s1. The van der Waals surface area contributed by atoms with Crippen LogP contribution >= 0.6 is 0 Å². The van der Waals surface area contributed by atoms with E-state index in [-0.39, 0.29) is 18.0 Å². The fraction of sp³-hybridized carbons (Fsp3) is 0.250. The molecule has 2 aromatic carbocycles. The van der Waals surface area contributed by atoms with Crippen molar-refractivity contribution in [3.8, 4) is 0 Å². The minimum absolute atomic E-state index is 0.0508. The Bertz CT molecular complexity index is 969. The molecule has 0 aliphatic rings. The van der Waals surface area contributed by atoms with Crippen LogP contribution in [0.5, 0.6) is 0 Å². The fourth-order valence-corrected chi connectivity index (χ4v) is 4.54. The molecule has 0 saturated carbocycles. The molecular weight excluding hydrogens is 348 g/mol. The van der Waals surface area contributed by atoms with Crippen LogP contribution in [-0.4, -0.2) is 35.5 Å². The van der Waals surface area contributed by atoms with Crippen LogP contribution in [0.25, 0.3) is 10.8 Å². The summed E-state index contributed by atoms with van der Waals surface area (Å²) >= 11 is 0. The average molecular weight is 370 g/mol. The summed E-state index contributed by atoms with van der Waals surface area (Å²) in [5.41, 5.74) is 0.876. The predicted octanol–water partition coefficient (Wildman–Crippen LogP) is 3.20. The zero-order chi connectivity index (χ0) is 18.6. The molecule has 1 N–H and O–H groups in total. The Labute approximate surface area is 154 Å². The highest BCUT2D eigenvalue weighted by atomic mass is 32.2. The van der Waals surface area contributed by atoms with Crippen molar-refractivity contribution in [2.45, 2.75) is 30.9 Å². The second kappa shape index (κ2) is 7.95. The van der Waals surface area contributed by atoms with E-state index in [9.17, 15) is 13.5 Å². The number of fused-ring (bicyclic) bond motifs is 1. The van der Waals surface area contributed by atoms with Gasteiger partial charge in [0.1, 0.15) is 0 Å². The van der Waals surface area contributed by atoms with E-state index in [1.165, 1.54) is 4.31 Å². The van der Waals surface area contributed by atoms with Gasteiger partial charge in [-0.1, -0.05) is 49.4 Å². The average Bonchev–Trinajstić information content (AvgIpc) is 2.67. The number of hydrogen-bond acceptors (Lipinski definition) is 4. The summed E-state index contributed by atoms with van der Waals surface area (Å²) in [5.74, 6) is 0. The van der Waals surface area contributed by atoms with Crippen molar-refractivity contribution < 1.29 is 13.5 Å². The number of nitrogens with zero attached hydrogens (tertiary/aromatic N) is 2. The molecule has 3 rings (SSSR count). The van der Waals surface area contributed by atoms with Crippen LogP contribution in [0.3, 0.4) is 0 Å². The van der Waals surface area contributed by atoms with Crippen molar-refractivity contribution in [3.05, 3.63) is 72.6 Å². The van der Waals surface area contributed by atoms with Gasteiger partial charge in [-0.3, -0.25) is 4.98 Å². The van der Waals surface area contributed by atoms with Gasteiger partial charge in [0.15, 0.2) is 0 Å². The van der Waals surface area contributed by atoms with Crippen LogP contribution in [0.1, 0.15) is 18.9 Å². The Kier molecular flexibility index (Phi) is 5.66. The van der Waals surface area contributed by atoms with E-state index in [0.717, 1.165) is 10.9 Å². The number of benzene rings is 2. The molecule has 0 saturated heterocycles. The highest BCUT2D eigenvalue weighted by molar-refractivity contribution is 7.89. The van der Waals surface area contributed by atoms with Crippen molar-refractivity contribution >= 4 is 20.8 Å². The maximum atomic E-state index is 13.4. The first-order valence-corrected chi connectivity index (χ1v) is 10.0. The Morgan fingerprint density at radius 2 is 1.85 bits per heavy atom. The number of aromatic nitrogens is 1. The molecule has 6 heteroatoms. The van der Waals surface area contributed by atoms with Gasteiger partial charge in [0, 0.05) is 36.3 Å². The lowest BCUT2D eigenvalue weighted by molar-refractivity contribution is 0.140. The third-order valence-corrected chi connectivity index (χ3v) is 6.22. The zero-order valence-electron chi connectivity index (χ0n) is 14.6. The maximum absolute atomic E-state index is 13.4. The number of hydrogen-bond donors (Lipinski definition) is 1. The number of rotatable bonds is 7. The molecule has 0 spiro atoms. The first-order valence-electron chi connectivity index (χ1n) is 8.57. The second-order valence-corrected chi connectivity index (χ2v) is 8.10. The van der Waals surface area contributed by atoms with Gasteiger partial charge in [0.05, 0.1) is 11.0 Å². The molecule has 0 amide bonds. The monoisotopic (exact) mass is 370 g/mol. The Hall–Kier alpha value is -2.28. The van der Waals surface area contributed by atoms with Gasteiger partial charge >= 0.3 is 0 Å². The van der Waals surface area contributed by atoms with Crippen LogP contribution in [-0.2, 0) is 16.6 Å². The normalized spacial score (nSPS) is 13.2. The number of aliphatic hydroxyl groups is 1. The molecule has 3 aromatic rings. The van der Waals surface area contributed by atoms with E-state index in [1.54, 1.807) is 30.6 Å². The first kappa shape index (κ1) is 18.5. The van der Waals surface area contributed by atoms with Crippen LogP contribution in [0.2, 0.25) is 0 Å². The molecule has 0 unspecified atom stereocenters. The van der Waals surface area contributed by atoms with Crippen LogP contribution < -0.4 is 0 Å². The number of aliphatic hydroxyl groups excluding tert-OH is 1. The van der Waals surface area contributed by atoms with Gasteiger partial charge in [-0.25, -0.2) is 8.42 Å². The van der Waals surface area contributed by atoms with Gasteiger partial charge < -0.3 is 5.11 Å². The summed E-state index contributed by atoms with van der Waals surface area (Å²) in [4.78, 5) is 4.29. The Morgan fingerprint density at radius 3 is 2.58 bits per heavy atom. The third-order valence-electron chi connectivity index (χ3n) is 4.35. The zero-order valence-corrected chi connectivity index (χ0v) is 15.4. The summed E-state index contributed by atoms with van der Waals surface area (Å²) in [6.07, 6.45) is 3.01. The van der Waals surface area contributed by atoms with Crippen molar-refractivity contribution in [2.24, 2.45) is 0 Å². The lowest BCUT2D eigenvalue weighted by atomic mass is 10.2. The summed E-state index contributed by atoms with van der Waals surface area (Å²) < 4.78 is 28.1. The molecule has 0 aliphatic carbocycles. The minimum Gasteiger partial charge on any atom is -0.392 e. The molecule has 0 fully saturated rings. The van der Waals surface area contributed by atoms with Gasteiger partial charge in [-0.2, -0.15) is 4.31 Å². The summed E-state index contributed by atoms with van der Waals surface area (Å²) in [6, 6.07) is 16.3. The molecule has 0 bridgehead atoms. The SMILES string of the molecule is CC[C@@H](O)CN(Cc1ccccc1)S(=O)(=O)c1cccc2cnccc12. The van der Waals surface area contributed by atoms with E-state index < -0.39 is 16.1 Å². The topological polar surface area (TPSA) is 70.5 Å². The van der Waals surface area contributed by atoms with Crippen molar-refractivity contribution in [1.29, 1.82) is 0 Å². The maximum Gasteiger partial charge on any atom is 0.244 e. The van der Waals surface area contributed by atoms with Crippen LogP contribution in [0, 0.1) is 0 Å². The molecule has 5 nitrogen and oxygen atoms in total. The molecular formula is C20H22N2O3S. The summed E-state index contributed by atoms with van der Waals surface area (Å²) in [6.45, 7) is 2.10. The highest BCUT2D eigenvalue weighted by Crippen LogP contribution is 2.26. The van der Waals surface area contributed by atoms with E-state index >= 15 is 0 Å². The summed E-state index contributed by atoms with van der Waals surface area (Å²) in [7, 11) is -3.79. The van der Waals surface area contributed by atoms with Crippen molar-refractivity contribution in [1.82, 2.24) is 9.29 Å². The molecule has 1 atom stereocenters. The second-order valence-electron chi connectivity index (χ2n) is 6.20. The van der Waals surface area contributed by atoms with Gasteiger partial charge in [0.2, 0.25) is 10.0 Å². The number of sulfonamides is 1. The van der Waals surface area contributed by atoms with Gasteiger partial charge in [0.25, 0.3) is 0 Å². The Morgan fingerprint density at radius 1 is 1.08 bits per heavy atom. The van der Waals surface area contributed by atoms with Crippen LogP contribution in [0.15, 0.2) is 71.9 Å². The van der Waals surface area contributed by atoms with E-state index in [2.05, 4.69) is 4.98 Å². The number of pyridine rings is 1. The fourth-order valence-electron chi connectivity index (χ4n) is 2.86. The Balaban J connectivity index is 2.05. The summed E-state index contributed by atoms with van der Waals surface area (Å²) in [5, 5.41) is 11.5. The minimum atomic E-state index is -3.79. The van der Waals surface area contributed by atoms with E-state index in [0.29, 0.717) is 11.8 Å². The van der Waals surface area contributed by atoms with Crippen molar-refractivity contribution in [3.63, 3.8) is 0 Å². The molecule has 0 aliphatic heterocycles. The predicted molar refractivity (Wildman–Crippen MR) is 102 cm³/mol. The van der Waals surface area contributed by atoms with Gasteiger partial charge in [-0.05, 0) is 24.1 Å². The first-order chi connectivity index (χ1) is 12.5. The molecule has 1 aromatic heterocycles. The van der Waals surface area contributed by atoms with E-state index in [1.807, 2.05) is 43.3 Å². The highest BCUT2D eigenvalue weighted by Gasteiger charge is 2.28.